The molecule has 0 aromatic heterocycles. The first-order chi connectivity index (χ1) is 11.1. The molecule has 132 valence electrons. The van der Waals surface area contributed by atoms with Crippen LogP contribution >= 0.6 is 12.4 Å². The molecular weight excluding hydrogens is 330 g/mol. The summed E-state index contributed by atoms with van der Waals surface area (Å²) >= 11 is 0. The van der Waals surface area contributed by atoms with E-state index >= 15 is 0 Å². The number of rotatable bonds is 6. The van der Waals surface area contributed by atoms with E-state index < -0.39 is 4.92 Å². The van der Waals surface area contributed by atoms with Gasteiger partial charge in [0.05, 0.1) is 11.3 Å². The van der Waals surface area contributed by atoms with Gasteiger partial charge in [0.1, 0.15) is 0 Å². The molecule has 2 aliphatic rings. The van der Waals surface area contributed by atoms with E-state index in [1.807, 2.05) is 4.90 Å². The zero-order chi connectivity index (χ0) is 16.2. The number of hydrogen-bond donors (Lipinski definition) is 1. The molecule has 0 spiro atoms. The lowest BCUT2D eigenvalue weighted by Crippen LogP contribution is -2.45. The largest absolute Gasteiger partial charge is 0.342 e. The number of nitrogens with one attached hydrogen (secondary N) is 1. The van der Waals surface area contributed by atoms with E-state index in [0.29, 0.717) is 11.6 Å². The second-order valence-electron chi connectivity index (χ2n) is 6.61. The zero-order valence-electron chi connectivity index (χ0n) is 13.6. The maximum absolute atomic E-state index is 12.4. The number of nitro benzene ring substituents is 1. The third kappa shape index (κ3) is 5.18. The highest BCUT2D eigenvalue weighted by Gasteiger charge is 2.26. The van der Waals surface area contributed by atoms with Gasteiger partial charge < -0.3 is 10.2 Å². The van der Waals surface area contributed by atoms with Crippen LogP contribution in [0, 0.1) is 16.0 Å². The van der Waals surface area contributed by atoms with Gasteiger partial charge in [-0.2, -0.15) is 0 Å². The van der Waals surface area contributed by atoms with Gasteiger partial charge in [0.25, 0.3) is 5.69 Å². The minimum absolute atomic E-state index is 0. The van der Waals surface area contributed by atoms with Crippen molar-refractivity contribution in [2.24, 2.45) is 5.92 Å². The topological polar surface area (TPSA) is 75.5 Å². The van der Waals surface area contributed by atoms with Gasteiger partial charge in [-0.15, -0.1) is 12.4 Å². The number of amides is 1. The molecule has 1 saturated carbocycles. The fourth-order valence-electron chi connectivity index (χ4n) is 3.05. The number of carbonyl (C=O) groups excluding carboxylic acids is 1. The third-order valence-electron chi connectivity index (χ3n) is 4.72. The van der Waals surface area contributed by atoms with Gasteiger partial charge in [-0.3, -0.25) is 14.9 Å². The second-order valence-corrected chi connectivity index (χ2v) is 6.61. The third-order valence-corrected chi connectivity index (χ3v) is 4.72. The Labute approximate surface area is 148 Å². The summed E-state index contributed by atoms with van der Waals surface area (Å²) in [5.74, 6) is 0.940. The highest BCUT2D eigenvalue weighted by atomic mass is 35.5. The summed E-state index contributed by atoms with van der Waals surface area (Å²) < 4.78 is 0. The predicted octanol–water partition coefficient (Wildman–Crippen LogP) is 2.55. The maximum Gasteiger partial charge on any atom is 0.269 e. The van der Waals surface area contributed by atoms with E-state index in [1.165, 1.54) is 25.0 Å². The molecule has 1 aromatic rings. The number of halogens is 1. The van der Waals surface area contributed by atoms with Crippen LogP contribution in [0.5, 0.6) is 0 Å². The van der Waals surface area contributed by atoms with Crippen molar-refractivity contribution in [3.63, 3.8) is 0 Å². The van der Waals surface area contributed by atoms with Gasteiger partial charge in [0, 0.05) is 31.3 Å². The Morgan fingerprint density at radius 1 is 1.25 bits per heavy atom. The Bertz CT molecular complexity index is 584. The van der Waals surface area contributed by atoms with Crippen LogP contribution in [0.4, 0.5) is 5.69 Å². The fourth-order valence-corrected chi connectivity index (χ4v) is 3.05. The molecule has 0 unspecified atom stereocenters. The Morgan fingerprint density at radius 2 is 1.96 bits per heavy atom. The number of non-ortho nitro benzene ring substituents is 1. The van der Waals surface area contributed by atoms with Gasteiger partial charge in [0.15, 0.2) is 0 Å². The van der Waals surface area contributed by atoms with Crippen molar-refractivity contribution in [2.45, 2.75) is 38.1 Å². The summed E-state index contributed by atoms with van der Waals surface area (Å²) in [6.07, 6.45) is 4.93. The lowest BCUT2D eigenvalue weighted by molar-refractivity contribution is -0.384. The van der Waals surface area contributed by atoms with Crippen LogP contribution in [-0.4, -0.2) is 41.4 Å². The molecular formula is C17H24ClN3O3. The van der Waals surface area contributed by atoms with E-state index in [1.54, 1.807) is 12.1 Å². The molecule has 0 atom stereocenters. The molecule has 7 heteroatoms. The van der Waals surface area contributed by atoms with Crippen LogP contribution in [0.2, 0.25) is 0 Å². The number of carbonyl (C=O) groups is 1. The number of likely N-dealkylation sites (tertiary alicyclic amines) is 1. The van der Waals surface area contributed by atoms with E-state index in [0.717, 1.165) is 38.4 Å². The van der Waals surface area contributed by atoms with Crippen LogP contribution in [-0.2, 0) is 11.2 Å². The first-order valence-electron chi connectivity index (χ1n) is 8.36. The molecule has 1 N–H and O–H groups in total. The van der Waals surface area contributed by atoms with Gasteiger partial charge in [-0.1, -0.05) is 12.1 Å². The van der Waals surface area contributed by atoms with Crippen LogP contribution in [0.3, 0.4) is 0 Å². The summed E-state index contributed by atoms with van der Waals surface area (Å²) in [4.78, 5) is 24.6. The molecule has 1 aliphatic heterocycles. The molecule has 2 fully saturated rings. The predicted molar refractivity (Wildman–Crippen MR) is 94.4 cm³/mol. The molecule has 6 nitrogen and oxygen atoms in total. The van der Waals surface area contributed by atoms with Gasteiger partial charge >= 0.3 is 0 Å². The fraction of sp³-hybridized carbons (Fsp3) is 0.588. The first kappa shape index (κ1) is 18.7. The summed E-state index contributed by atoms with van der Waals surface area (Å²) in [6, 6.07) is 6.87. The average molecular weight is 354 g/mol. The molecule has 3 rings (SSSR count). The number of piperidine rings is 1. The van der Waals surface area contributed by atoms with Crippen molar-refractivity contribution < 1.29 is 9.72 Å². The number of nitro groups is 1. The Kier molecular flexibility index (Phi) is 6.57. The highest BCUT2D eigenvalue weighted by Crippen LogP contribution is 2.28. The molecule has 0 bridgehead atoms. The standard InChI is InChI=1S/C17H23N3O3.ClH/c21-17(11-14-2-1-3-16(10-14)20(22)23)19-8-6-15(7-9-19)18-12-13-4-5-13;/h1-3,10,13,15,18H,4-9,11-12H2;1H. The summed E-state index contributed by atoms with van der Waals surface area (Å²) in [7, 11) is 0. The van der Waals surface area contributed by atoms with E-state index in [-0.39, 0.29) is 30.4 Å². The first-order valence-corrected chi connectivity index (χ1v) is 8.36. The minimum Gasteiger partial charge on any atom is -0.342 e. The van der Waals surface area contributed by atoms with Crippen molar-refractivity contribution in [1.29, 1.82) is 0 Å². The van der Waals surface area contributed by atoms with E-state index in [4.69, 9.17) is 0 Å². The quantitative estimate of drug-likeness (QED) is 0.630. The number of hydrogen-bond acceptors (Lipinski definition) is 4. The van der Waals surface area contributed by atoms with Gasteiger partial charge in [-0.05, 0) is 43.7 Å². The Balaban J connectivity index is 0.00000208. The molecule has 1 heterocycles. The average Bonchev–Trinajstić information content (AvgIpc) is 3.38. The van der Waals surface area contributed by atoms with Crippen molar-refractivity contribution in [1.82, 2.24) is 10.2 Å². The zero-order valence-corrected chi connectivity index (χ0v) is 14.5. The highest BCUT2D eigenvalue weighted by molar-refractivity contribution is 5.85. The summed E-state index contributed by atoms with van der Waals surface area (Å²) in [5.41, 5.74) is 0.747. The molecule has 1 aliphatic carbocycles. The van der Waals surface area contributed by atoms with E-state index in [9.17, 15) is 14.9 Å². The Hall–Kier alpha value is -1.66. The lowest BCUT2D eigenvalue weighted by Gasteiger charge is -2.32. The normalized spacial score (nSPS) is 18.1. The van der Waals surface area contributed by atoms with Crippen LogP contribution < -0.4 is 5.32 Å². The van der Waals surface area contributed by atoms with Crippen LogP contribution in [0.15, 0.2) is 24.3 Å². The molecule has 1 aromatic carbocycles. The van der Waals surface area contributed by atoms with E-state index in [2.05, 4.69) is 5.32 Å². The van der Waals surface area contributed by atoms with Crippen molar-refractivity contribution in [3.8, 4) is 0 Å². The van der Waals surface area contributed by atoms with Gasteiger partial charge in [0.2, 0.25) is 5.91 Å². The number of nitrogens with zero attached hydrogens (tertiary/aromatic N) is 2. The van der Waals surface area contributed by atoms with Gasteiger partial charge in [-0.25, -0.2) is 0 Å². The second kappa shape index (κ2) is 8.44. The SMILES string of the molecule is Cl.O=C(Cc1cccc([N+](=O)[O-])c1)N1CCC(NCC2CC2)CC1. The van der Waals surface area contributed by atoms with Crippen LogP contribution in [0.25, 0.3) is 0 Å². The monoisotopic (exact) mass is 353 g/mol. The maximum atomic E-state index is 12.4. The summed E-state index contributed by atoms with van der Waals surface area (Å²) in [5, 5.41) is 14.4. The molecule has 1 saturated heterocycles. The Morgan fingerprint density at radius 3 is 2.58 bits per heavy atom. The van der Waals surface area contributed by atoms with Crippen molar-refractivity contribution >= 4 is 24.0 Å². The minimum atomic E-state index is -0.426. The van der Waals surface area contributed by atoms with Crippen LogP contribution in [0.1, 0.15) is 31.2 Å². The lowest BCUT2D eigenvalue weighted by atomic mass is 10.0. The van der Waals surface area contributed by atoms with Crippen molar-refractivity contribution in [3.05, 3.63) is 39.9 Å². The van der Waals surface area contributed by atoms with Crippen molar-refractivity contribution in [2.75, 3.05) is 19.6 Å². The number of benzene rings is 1. The summed E-state index contributed by atoms with van der Waals surface area (Å²) in [6.45, 7) is 2.67. The molecule has 1 amide bonds. The smallest absolute Gasteiger partial charge is 0.269 e. The molecule has 24 heavy (non-hydrogen) atoms. The molecule has 0 radical (unpaired) electrons.